The normalized spacial score (nSPS) is 10.3. The number of aromatic nitrogens is 1. The van der Waals surface area contributed by atoms with E-state index in [4.69, 9.17) is 0 Å². The van der Waals surface area contributed by atoms with Crippen LogP contribution in [0.1, 0.15) is 21.6 Å². The van der Waals surface area contributed by atoms with Gasteiger partial charge in [-0.1, -0.05) is 48.0 Å². The lowest BCUT2D eigenvalue weighted by Gasteiger charge is -2.07. The van der Waals surface area contributed by atoms with Crippen LogP contribution in [0, 0.1) is 6.92 Å². The van der Waals surface area contributed by atoms with Crippen LogP contribution in [0.25, 0.3) is 11.1 Å². The minimum Gasteiger partial charge on any atom is -0.346 e. The molecule has 1 heterocycles. The predicted octanol–water partition coefficient (Wildman–Crippen LogP) is 3.99. The van der Waals surface area contributed by atoms with E-state index in [-0.39, 0.29) is 5.91 Å². The lowest BCUT2D eigenvalue weighted by atomic mass is 10.0. The molecule has 3 aromatic rings. The molecule has 0 spiro atoms. The summed E-state index contributed by atoms with van der Waals surface area (Å²) in [6.07, 6.45) is 1.72. The fourth-order valence-corrected chi connectivity index (χ4v) is 2.44. The molecular formula is C20H18N2O. The fourth-order valence-electron chi connectivity index (χ4n) is 2.44. The van der Waals surface area contributed by atoms with Gasteiger partial charge in [-0.15, -0.1) is 0 Å². The van der Waals surface area contributed by atoms with Gasteiger partial charge < -0.3 is 5.32 Å². The van der Waals surface area contributed by atoms with E-state index in [0.717, 1.165) is 16.8 Å². The summed E-state index contributed by atoms with van der Waals surface area (Å²) in [5, 5.41) is 2.90. The van der Waals surface area contributed by atoms with Crippen molar-refractivity contribution in [2.75, 3.05) is 0 Å². The quantitative estimate of drug-likeness (QED) is 0.792. The van der Waals surface area contributed by atoms with Crippen LogP contribution in [0.5, 0.6) is 0 Å². The summed E-state index contributed by atoms with van der Waals surface area (Å²) < 4.78 is 0. The van der Waals surface area contributed by atoms with Crippen LogP contribution in [0.4, 0.5) is 0 Å². The minimum atomic E-state index is -0.0924. The molecule has 0 saturated carbocycles. The molecule has 0 fully saturated rings. The van der Waals surface area contributed by atoms with Gasteiger partial charge in [-0.2, -0.15) is 0 Å². The Bertz CT molecular complexity index is 813. The Morgan fingerprint density at radius 2 is 1.74 bits per heavy atom. The Kier molecular flexibility index (Phi) is 4.48. The summed E-state index contributed by atoms with van der Waals surface area (Å²) >= 11 is 0. The highest BCUT2D eigenvalue weighted by Gasteiger charge is 2.07. The zero-order chi connectivity index (χ0) is 16.1. The van der Waals surface area contributed by atoms with Crippen LogP contribution >= 0.6 is 0 Å². The number of rotatable bonds is 4. The van der Waals surface area contributed by atoms with Gasteiger partial charge >= 0.3 is 0 Å². The zero-order valence-electron chi connectivity index (χ0n) is 13.0. The molecule has 114 valence electrons. The second-order valence-electron chi connectivity index (χ2n) is 5.45. The maximum atomic E-state index is 12.3. The third kappa shape index (κ3) is 3.83. The van der Waals surface area contributed by atoms with E-state index in [1.54, 1.807) is 6.20 Å². The summed E-state index contributed by atoms with van der Waals surface area (Å²) in [6.45, 7) is 2.49. The van der Waals surface area contributed by atoms with Crippen molar-refractivity contribution in [3.05, 3.63) is 89.7 Å². The monoisotopic (exact) mass is 302 g/mol. The summed E-state index contributed by atoms with van der Waals surface area (Å²) in [5.74, 6) is -0.0924. The standard InChI is InChI=1S/C20H18N2O/c1-15-6-4-7-16(12-15)17-8-5-9-18(13-17)20(23)22-14-19-10-2-3-11-21-19/h2-13H,14H2,1H3,(H,22,23). The topological polar surface area (TPSA) is 42.0 Å². The number of hydrogen-bond donors (Lipinski definition) is 1. The van der Waals surface area contributed by atoms with Crippen LogP contribution in [-0.2, 0) is 6.54 Å². The Morgan fingerprint density at radius 3 is 2.48 bits per heavy atom. The summed E-state index contributed by atoms with van der Waals surface area (Å²) in [4.78, 5) is 16.5. The van der Waals surface area contributed by atoms with Crippen molar-refractivity contribution in [3.63, 3.8) is 0 Å². The van der Waals surface area contributed by atoms with E-state index >= 15 is 0 Å². The van der Waals surface area contributed by atoms with E-state index in [9.17, 15) is 4.79 Å². The Labute approximate surface area is 136 Å². The molecule has 0 atom stereocenters. The van der Waals surface area contributed by atoms with Gasteiger partial charge in [-0.25, -0.2) is 0 Å². The highest BCUT2D eigenvalue weighted by Crippen LogP contribution is 2.21. The van der Waals surface area contributed by atoms with Gasteiger partial charge in [0.25, 0.3) is 5.91 Å². The molecule has 3 heteroatoms. The zero-order valence-corrected chi connectivity index (χ0v) is 13.0. The van der Waals surface area contributed by atoms with Crippen LogP contribution < -0.4 is 5.32 Å². The first-order valence-corrected chi connectivity index (χ1v) is 7.57. The van der Waals surface area contributed by atoms with Crippen molar-refractivity contribution in [3.8, 4) is 11.1 Å². The van der Waals surface area contributed by atoms with Gasteiger partial charge in [0.2, 0.25) is 0 Å². The molecule has 0 bridgehead atoms. The summed E-state index contributed by atoms with van der Waals surface area (Å²) in [5.41, 5.74) is 4.85. The number of carbonyl (C=O) groups excluding carboxylic acids is 1. The molecule has 0 aliphatic heterocycles. The van der Waals surface area contributed by atoms with Crippen molar-refractivity contribution < 1.29 is 4.79 Å². The van der Waals surface area contributed by atoms with E-state index in [1.165, 1.54) is 5.56 Å². The molecule has 23 heavy (non-hydrogen) atoms. The highest BCUT2D eigenvalue weighted by molar-refractivity contribution is 5.95. The first-order valence-electron chi connectivity index (χ1n) is 7.57. The van der Waals surface area contributed by atoms with Gasteiger partial charge in [0.1, 0.15) is 0 Å². The van der Waals surface area contributed by atoms with Gasteiger partial charge in [-0.3, -0.25) is 9.78 Å². The summed E-state index contributed by atoms with van der Waals surface area (Å²) in [6, 6.07) is 21.6. The number of pyridine rings is 1. The molecule has 1 N–H and O–H groups in total. The van der Waals surface area contributed by atoms with Crippen molar-refractivity contribution in [1.29, 1.82) is 0 Å². The predicted molar refractivity (Wildman–Crippen MR) is 92.0 cm³/mol. The van der Waals surface area contributed by atoms with Crippen molar-refractivity contribution in [2.45, 2.75) is 13.5 Å². The molecule has 0 radical (unpaired) electrons. The maximum Gasteiger partial charge on any atom is 0.251 e. The van der Waals surface area contributed by atoms with Crippen molar-refractivity contribution in [2.24, 2.45) is 0 Å². The maximum absolute atomic E-state index is 12.3. The van der Waals surface area contributed by atoms with Crippen LogP contribution in [-0.4, -0.2) is 10.9 Å². The molecule has 0 aliphatic carbocycles. The molecule has 3 rings (SSSR count). The largest absolute Gasteiger partial charge is 0.346 e. The number of carbonyl (C=O) groups is 1. The van der Waals surface area contributed by atoms with E-state index in [2.05, 4.69) is 35.4 Å². The Morgan fingerprint density at radius 1 is 0.957 bits per heavy atom. The number of benzene rings is 2. The second kappa shape index (κ2) is 6.88. The average molecular weight is 302 g/mol. The van der Waals surface area contributed by atoms with E-state index < -0.39 is 0 Å². The molecular weight excluding hydrogens is 284 g/mol. The first kappa shape index (κ1) is 15.0. The molecule has 1 aromatic heterocycles. The molecule has 0 saturated heterocycles. The van der Waals surface area contributed by atoms with Gasteiger partial charge in [0, 0.05) is 11.8 Å². The number of hydrogen-bond acceptors (Lipinski definition) is 2. The Balaban J connectivity index is 1.75. The van der Waals surface area contributed by atoms with Gasteiger partial charge in [0.05, 0.1) is 12.2 Å². The SMILES string of the molecule is Cc1cccc(-c2cccc(C(=O)NCc3ccccn3)c2)c1. The number of aryl methyl sites for hydroxylation is 1. The van der Waals surface area contributed by atoms with Crippen LogP contribution in [0.3, 0.4) is 0 Å². The average Bonchev–Trinajstić information content (AvgIpc) is 2.61. The Hall–Kier alpha value is -2.94. The lowest BCUT2D eigenvalue weighted by molar-refractivity contribution is 0.0950. The van der Waals surface area contributed by atoms with Gasteiger partial charge in [-0.05, 0) is 42.3 Å². The molecule has 3 nitrogen and oxygen atoms in total. The number of nitrogens with zero attached hydrogens (tertiary/aromatic N) is 1. The van der Waals surface area contributed by atoms with Crippen molar-refractivity contribution in [1.82, 2.24) is 10.3 Å². The number of amides is 1. The molecule has 2 aromatic carbocycles. The minimum absolute atomic E-state index is 0.0924. The summed E-state index contributed by atoms with van der Waals surface area (Å²) in [7, 11) is 0. The smallest absolute Gasteiger partial charge is 0.251 e. The van der Waals surface area contributed by atoms with Crippen molar-refractivity contribution >= 4 is 5.91 Å². The third-order valence-corrected chi connectivity index (χ3v) is 3.63. The second-order valence-corrected chi connectivity index (χ2v) is 5.45. The molecule has 1 amide bonds. The third-order valence-electron chi connectivity index (χ3n) is 3.63. The number of nitrogens with one attached hydrogen (secondary N) is 1. The highest BCUT2D eigenvalue weighted by atomic mass is 16.1. The fraction of sp³-hybridized carbons (Fsp3) is 0.100. The molecule has 0 aliphatic rings. The van der Waals surface area contributed by atoms with E-state index in [1.807, 2.05) is 48.5 Å². The first-order chi connectivity index (χ1) is 11.2. The lowest BCUT2D eigenvalue weighted by Crippen LogP contribution is -2.23. The van der Waals surface area contributed by atoms with Gasteiger partial charge in [0.15, 0.2) is 0 Å². The van der Waals surface area contributed by atoms with Crippen LogP contribution in [0.15, 0.2) is 72.9 Å². The molecule has 0 unspecified atom stereocenters. The van der Waals surface area contributed by atoms with Crippen LogP contribution in [0.2, 0.25) is 0 Å². The van der Waals surface area contributed by atoms with E-state index in [0.29, 0.717) is 12.1 Å².